The summed E-state index contributed by atoms with van der Waals surface area (Å²) in [5.41, 5.74) is -0.874. The molecule has 2 nitrogen and oxygen atoms in total. The molecular formula is C11H9F3O2. The highest BCUT2D eigenvalue weighted by molar-refractivity contribution is 5.43. The smallest absolute Gasteiger partial charge is 0.416 e. The highest BCUT2D eigenvalue weighted by atomic mass is 19.4. The zero-order valence-electron chi connectivity index (χ0n) is 8.17. The minimum Gasteiger partial charge on any atom is -0.508 e. The molecular weight excluding hydrogens is 221 g/mol. The van der Waals surface area contributed by atoms with Gasteiger partial charge < -0.3 is 10.2 Å². The zero-order chi connectivity index (χ0) is 12.2. The second-order valence-corrected chi connectivity index (χ2v) is 3.04. The van der Waals surface area contributed by atoms with Gasteiger partial charge in [0, 0.05) is 12.0 Å². The average molecular weight is 230 g/mol. The Labute approximate surface area is 90.3 Å². The van der Waals surface area contributed by atoms with Crippen molar-refractivity contribution >= 4 is 0 Å². The molecule has 0 heterocycles. The summed E-state index contributed by atoms with van der Waals surface area (Å²) in [7, 11) is 0. The first-order chi connectivity index (χ1) is 7.43. The molecule has 0 spiro atoms. The Hall–Kier alpha value is -1.67. The Kier molecular flexibility index (Phi) is 3.80. The summed E-state index contributed by atoms with van der Waals surface area (Å²) in [6.07, 6.45) is -4.33. The second-order valence-electron chi connectivity index (χ2n) is 3.04. The van der Waals surface area contributed by atoms with Gasteiger partial charge in [0.05, 0.1) is 12.2 Å². The topological polar surface area (TPSA) is 40.5 Å². The Morgan fingerprint density at radius 3 is 2.44 bits per heavy atom. The minimum absolute atomic E-state index is 0.0702. The van der Waals surface area contributed by atoms with Crippen LogP contribution in [-0.2, 0) is 6.18 Å². The lowest BCUT2D eigenvalue weighted by Crippen LogP contribution is -2.04. The molecule has 1 rings (SSSR count). The van der Waals surface area contributed by atoms with Crippen molar-refractivity contribution in [1.29, 1.82) is 0 Å². The van der Waals surface area contributed by atoms with Crippen LogP contribution < -0.4 is 0 Å². The summed E-state index contributed by atoms with van der Waals surface area (Å²) < 4.78 is 37.0. The minimum atomic E-state index is -4.51. The lowest BCUT2D eigenvalue weighted by molar-refractivity contribution is -0.137. The van der Waals surface area contributed by atoms with Crippen LogP contribution in [-0.4, -0.2) is 16.8 Å². The van der Waals surface area contributed by atoms with Gasteiger partial charge in [0.2, 0.25) is 0 Å². The fraction of sp³-hybridized carbons (Fsp3) is 0.273. The number of halogens is 3. The van der Waals surface area contributed by atoms with E-state index in [9.17, 15) is 13.2 Å². The summed E-state index contributed by atoms with van der Waals surface area (Å²) in [6.45, 7) is -0.155. The van der Waals surface area contributed by atoms with Crippen LogP contribution in [0.5, 0.6) is 5.75 Å². The van der Waals surface area contributed by atoms with Gasteiger partial charge in [-0.25, -0.2) is 0 Å². The molecule has 86 valence electrons. The van der Waals surface area contributed by atoms with E-state index in [0.717, 1.165) is 12.1 Å². The number of aliphatic hydroxyl groups is 1. The Morgan fingerprint density at radius 2 is 1.88 bits per heavy atom. The third kappa shape index (κ3) is 3.48. The molecule has 0 amide bonds. The summed E-state index contributed by atoms with van der Waals surface area (Å²) in [5.74, 6) is 4.42. The molecule has 1 aromatic carbocycles. The van der Waals surface area contributed by atoms with Crippen molar-refractivity contribution in [3.63, 3.8) is 0 Å². The van der Waals surface area contributed by atoms with E-state index in [1.54, 1.807) is 0 Å². The lowest BCUT2D eigenvalue weighted by Gasteiger charge is -2.07. The van der Waals surface area contributed by atoms with Crippen molar-refractivity contribution in [3.8, 4) is 17.6 Å². The largest absolute Gasteiger partial charge is 0.508 e. The van der Waals surface area contributed by atoms with Crippen LogP contribution in [0.3, 0.4) is 0 Å². The molecule has 0 aliphatic heterocycles. The number of aromatic hydroxyl groups is 1. The first-order valence-corrected chi connectivity index (χ1v) is 4.44. The van der Waals surface area contributed by atoms with Crippen molar-refractivity contribution in [1.82, 2.24) is 0 Å². The Bertz CT molecular complexity index is 427. The molecule has 0 aromatic heterocycles. The number of phenolic OH excluding ortho intramolecular Hbond substituents is 1. The standard InChI is InChI=1S/C11H9F3O2/c12-11(13,14)9-5-8(3-1-2-4-15)6-10(16)7-9/h5-7,15-16H,2,4H2. The molecule has 16 heavy (non-hydrogen) atoms. The van der Waals surface area contributed by atoms with Crippen molar-refractivity contribution in [3.05, 3.63) is 29.3 Å². The molecule has 0 unspecified atom stereocenters. The number of phenols is 1. The maximum absolute atomic E-state index is 12.3. The number of alkyl halides is 3. The lowest BCUT2D eigenvalue weighted by atomic mass is 10.1. The normalized spacial score (nSPS) is 10.8. The van der Waals surface area contributed by atoms with Crippen LogP contribution in [0.1, 0.15) is 17.5 Å². The van der Waals surface area contributed by atoms with E-state index in [1.165, 1.54) is 0 Å². The van der Waals surface area contributed by atoms with E-state index in [2.05, 4.69) is 11.8 Å². The van der Waals surface area contributed by atoms with E-state index in [1.807, 2.05) is 0 Å². The first-order valence-electron chi connectivity index (χ1n) is 4.44. The first kappa shape index (κ1) is 12.4. The van der Waals surface area contributed by atoms with Gasteiger partial charge in [-0.3, -0.25) is 0 Å². The Morgan fingerprint density at radius 1 is 1.19 bits per heavy atom. The fourth-order valence-corrected chi connectivity index (χ4v) is 1.07. The predicted octanol–water partition coefficient (Wildman–Crippen LogP) is 2.14. The van der Waals surface area contributed by atoms with Crippen molar-refractivity contribution < 1.29 is 23.4 Å². The average Bonchev–Trinajstić information content (AvgIpc) is 2.16. The number of benzene rings is 1. The van der Waals surface area contributed by atoms with Gasteiger partial charge >= 0.3 is 6.18 Å². The second kappa shape index (κ2) is 4.90. The van der Waals surface area contributed by atoms with Gasteiger partial charge in [-0.15, -0.1) is 0 Å². The quantitative estimate of drug-likeness (QED) is 0.725. The van der Waals surface area contributed by atoms with E-state index in [0.29, 0.717) is 6.07 Å². The van der Waals surface area contributed by atoms with Crippen LogP contribution in [0, 0.1) is 11.8 Å². The summed E-state index contributed by atoms with van der Waals surface area (Å²) >= 11 is 0. The number of aliphatic hydroxyl groups excluding tert-OH is 1. The molecule has 0 aliphatic carbocycles. The molecule has 1 aromatic rings. The molecule has 0 saturated carbocycles. The molecule has 5 heteroatoms. The molecule has 0 saturated heterocycles. The van der Waals surface area contributed by atoms with Crippen LogP contribution in [0.15, 0.2) is 18.2 Å². The van der Waals surface area contributed by atoms with Gasteiger partial charge in [0.1, 0.15) is 5.75 Å². The molecule has 0 radical (unpaired) electrons. The SMILES string of the molecule is OCCC#Cc1cc(O)cc(C(F)(F)F)c1. The monoisotopic (exact) mass is 230 g/mol. The summed E-state index contributed by atoms with van der Waals surface area (Å²) in [5, 5.41) is 17.5. The van der Waals surface area contributed by atoms with Crippen LogP contribution >= 0.6 is 0 Å². The highest BCUT2D eigenvalue weighted by Crippen LogP contribution is 2.32. The van der Waals surface area contributed by atoms with Gasteiger partial charge in [-0.2, -0.15) is 13.2 Å². The Balaban J connectivity index is 3.05. The highest BCUT2D eigenvalue weighted by Gasteiger charge is 2.31. The molecule has 0 atom stereocenters. The zero-order valence-corrected chi connectivity index (χ0v) is 8.17. The van der Waals surface area contributed by atoms with Crippen molar-refractivity contribution in [2.24, 2.45) is 0 Å². The summed E-state index contributed by atoms with van der Waals surface area (Å²) in [4.78, 5) is 0. The van der Waals surface area contributed by atoms with Gasteiger partial charge in [0.25, 0.3) is 0 Å². The van der Waals surface area contributed by atoms with Crippen LogP contribution in [0.2, 0.25) is 0 Å². The van der Waals surface area contributed by atoms with Gasteiger partial charge in [0.15, 0.2) is 0 Å². The van der Waals surface area contributed by atoms with Gasteiger partial charge in [-0.05, 0) is 18.2 Å². The maximum Gasteiger partial charge on any atom is 0.416 e. The molecule has 2 N–H and O–H groups in total. The number of rotatable bonds is 1. The maximum atomic E-state index is 12.3. The molecule has 0 aliphatic rings. The van der Waals surface area contributed by atoms with Crippen LogP contribution in [0.4, 0.5) is 13.2 Å². The predicted molar refractivity (Wildman–Crippen MR) is 51.7 cm³/mol. The van der Waals surface area contributed by atoms with Crippen molar-refractivity contribution in [2.45, 2.75) is 12.6 Å². The number of hydrogen-bond acceptors (Lipinski definition) is 2. The van der Waals surface area contributed by atoms with E-state index >= 15 is 0 Å². The van der Waals surface area contributed by atoms with E-state index < -0.39 is 17.5 Å². The third-order valence-electron chi connectivity index (χ3n) is 1.71. The van der Waals surface area contributed by atoms with E-state index in [-0.39, 0.29) is 18.6 Å². The third-order valence-corrected chi connectivity index (χ3v) is 1.71. The van der Waals surface area contributed by atoms with Crippen molar-refractivity contribution in [2.75, 3.05) is 6.61 Å². The fourth-order valence-electron chi connectivity index (χ4n) is 1.07. The molecule has 0 bridgehead atoms. The van der Waals surface area contributed by atoms with E-state index in [4.69, 9.17) is 10.2 Å². The van der Waals surface area contributed by atoms with Gasteiger partial charge in [-0.1, -0.05) is 11.8 Å². The van der Waals surface area contributed by atoms with Crippen LogP contribution in [0.25, 0.3) is 0 Å². The molecule has 0 fully saturated rings. The summed E-state index contributed by atoms with van der Waals surface area (Å²) in [6, 6.07) is 2.63. The number of hydrogen-bond donors (Lipinski definition) is 2.